The lowest BCUT2D eigenvalue weighted by molar-refractivity contribution is 0.0566. The number of aliphatic hydroxyl groups is 1. The molecular weight excluding hydrogens is 342 g/mol. The first kappa shape index (κ1) is 18.0. The molecule has 0 aliphatic carbocycles. The van der Waals surface area contributed by atoms with Crippen molar-refractivity contribution in [1.29, 1.82) is 0 Å². The standard InChI is InChI=1S/C17H24ClN5O2/c1-12-8-22(6-5-21(12)9-13(2)24)17(25)19-7-15-11-23-10-14(18)3-4-16(23)20-15/h3-4,10-13,24H,5-9H2,1-2H3,(H,19,25)/t12-,13-/m1/s1. The minimum atomic E-state index is -0.355. The topological polar surface area (TPSA) is 73.1 Å². The fraction of sp³-hybridized carbons (Fsp3) is 0.529. The number of nitrogens with zero attached hydrogens (tertiary/aromatic N) is 4. The second kappa shape index (κ2) is 7.59. The van der Waals surface area contributed by atoms with Crippen molar-refractivity contribution in [3.05, 3.63) is 35.2 Å². The van der Waals surface area contributed by atoms with E-state index in [4.69, 9.17) is 11.6 Å². The molecule has 136 valence electrons. The van der Waals surface area contributed by atoms with Crippen LogP contribution in [0.5, 0.6) is 0 Å². The molecule has 0 saturated carbocycles. The van der Waals surface area contributed by atoms with Crippen LogP contribution in [0.2, 0.25) is 5.02 Å². The number of piperazine rings is 1. The zero-order valence-electron chi connectivity index (χ0n) is 14.5. The number of pyridine rings is 1. The lowest BCUT2D eigenvalue weighted by Gasteiger charge is -2.40. The van der Waals surface area contributed by atoms with Crippen LogP contribution in [0, 0.1) is 0 Å². The number of fused-ring (bicyclic) bond motifs is 1. The second-order valence-corrected chi connectivity index (χ2v) is 7.08. The molecule has 3 rings (SSSR count). The molecule has 1 aliphatic heterocycles. The summed E-state index contributed by atoms with van der Waals surface area (Å²) in [5.74, 6) is 0. The number of imidazole rings is 1. The summed E-state index contributed by atoms with van der Waals surface area (Å²) in [6, 6.07) is 3.78. The first-order valence-electron chi connectivity index (χ1n) is 8.50. The first-order chi connectivity index (χ1) is 11.9. The minimum absolute atomic E-state index is 0.0846. The van der Waals surface area contributed by atoms with Gasteiger partial charge in [0.05, 0.1) is 23.4 Å². The van der Waals surface area contributed by atoms with E-state index in [9.17, 15) is 9.90 Å². The lowest BCUT2D eigenvalue weighted by Crippen LogP contribution is -2.56. The quantitative estimate of drug-likeness (QED) is 0.862. The van der Waals surface area contributed by atoms with Crippen LogP contribution in [-0.4, -0.2) is 68.6 Å². The molecule has 0 unspecified atom stereocenters. The summed E-state index contributed by atoms with van der Waals surface area (Å²) in [6.45, 7) is 6.96. The molecule has 1 aliphatic rings. The van der Waals surface area contributed by atoms with E-state index in [0.717, 1.165) is 17.9 Å². The molecule has 25 heavy (non-hydrogen) atoms. The van der Waals surface area contributed by atoms with E-state index in [-0.39, 0.29) is 18.2 Å². The second-order valence-electron chi connectivity index (χ2n) is 6.64. The van der Waals surface area contributed by atoms with Crippen LogP contribution in [0.25, 0.3) is 5.65 Å². The van der Waals surface area contributed by atoms with Gasteiger partial charge in [0.25, 0.3) is 0 Å². The maximum atomic E-state index is 12.4. The van der Waals surface area contributed by atoms with Crippen LogP contribution < -0.4 is 5.32 Å². The van der Waals surface area contributed by atoms with Crippen molar-refractivity contribution in [3.8, 4) is 0 Å². The Balaban J connectivity index is 1.53. The molecule has 0 bridgehead atoms. The number of rotatable bonds is 4. The molecule has 0 aromatic carbocycles. The summed E-state index contributed by atoms with van der Waals surface area (Å²) < 4.78 is 1.85. The van der Waals surface area contributed by atoms with Crippen molar-refractivity contribution in [2.24, 2.45) is 0 Å². The van der Waals surface area contributed by atoms with E-state index < -0.39 is 0 Å². The van der Waals surface area contributed by atoms with Crippen molar-refractivity contribution in [2.75, 3.05) is 26.2 Å². The number of amides is 2. The van der Waals surface area contributed by atoms with Crippen LogP contribution in [0.15, 0.2) is 24.5 Å². The van der Waals surface area contributed by atoms with Crippen LogP contribution in [-0.2, 0) is 6.54 Å². The summed E-state index contributed by atoms with van der Waals surface area (Å²) >= 11 is 5.97. The maximum Gasteiger partial charge on any atom is 0.317 e. The van der Waals surface area contributed by atoms with Crippen molar-refractivity contribution in [1.82, 2.24) is 24.5 Å². The number of nitrogens with one attached hydrogen (secondary N) is 1. The number of carbonyl (C=O) groups excluding carboxylic acids is 1. The Bertz CT molecular complexity index is 748. The number of halogens is 1. The van der Waals surface area contributed by atoms with Gasteiger partial charge in [-0.3, -0.25) is 4.90 Å². The summed E-state index contributed by atoms with van der Waals surface area (Å²) in [4.78, 5) is 20.9. The Morgan fingerprint density at radius 3 is 2.96 bits per heavy atom. The average Bonchev–Trinajstić information content (AvgIpc) is 2.96. The molecule has 2 aromatic heterocycles. The van der Waals surface area contributed by atoms with Crippen molar-refractivity contribution in [2.45, 2.75) is 32.5 Å². The molecule has 0 spiro atoms. The fourth-order valence-electron chi connectivity index (χ4n) is 3.17. The van der Waals surface area contributed by atoms with E-state index in [1.807, 2.05) is 21.6 Å². The van der Waals surface area contributed by atoms with Crippen LogP contribution >= 0.6 is 11.6 Å². The number of hydrogen-bond donors (Lipinski definition) is 2. The molecule has 7 nitrogen and oxygen atoms in total. The monoisotopic (exact) mass is 365 g/mol. The zero-order chi connectivity index (χ0) is 18.0. The van der Waals surface area contributed by atoms with E-state index >= 15 is 0 Å². The molecule has 2 N–H and O–H groups in total. The van der Waals surface area contributed by atoms with Gasteiger partial charge in [0, 0.05) is 44.6 Å². The highest BCUT2D eigenvalue weighted by Gasteiger charge is 2.27. The van der Waals surface area contributed by atoms with Gasteiger partial charge >= 0.3 is 6.03 Å². The molecule has 8 heteroatoms. The highest BCUT2D eigenvalue weighted by Crippen LogP contribution is 2.13. The lowest BCUT2D eigenvalue weighted by atomic mass is 10.2. The van der Waals surface area contributed by atoms with Gasteiger partial charge in [0.1, 0.15) is 5.65 Å². The number of carbonyl (C=O) groups is 1. The Labute approximate surface area is 152 Å². The third-order valence-electron chi connectivity index (χ3n) is 4.44. The van der Waals surface area contributed by atoms with Gasteiger partial charge in [-0.1, -0.05) is 11.6 Å². The largest absolute Gasteiger partial charge is 0.392 e. The van der Waals surface area contributed by atoms with Gasteiger partial charge in [0.15, 0.2) is 0 Å². The molecule has 1 fully saturated rings. The number of β-amino-alcohol motifs (C(OH)–C–C–N with tert-alkyl or cyclic N) is 1. The van der Waals surface area contributed by atoms with Gasteiger partial charge in [0.2, 0.25) is 0 Å². The average molecular weight is 366 g/mol. The number of aliphatic hydroxyl groups excluding tert-OH is 1. The highest BCUT2D eigenvalue weighted by atomic mass is 35.5. The summed E-state index contributed by atoms with van der Waals surface area (Å²) in [6.07, 6.45) is 3.30. The fourth-order valence-corrected chi connectivity index (χ4v) is 3.34. The zero-order valence-corrected chi connectivity index (χ0v) is 15.3. The van der Waals surface area contributed by atoms with Crippen molar-refractivity contribution < 1.29 is 9.90 Å². The molecule has 1 saturated heterocycles. The molecular formula is C17H24ClN5O2. The van der Waals surface area contributed by atoms with E-state index in [1.54, 1.807) is 19.2 Å². The van der Waals surface area contributed by atoms with Crippen LogP contribution in [0.4, 0.5) is 4.79 Å². The SMILES string of the molecule is C[C@@H]1CN(C(=O)NCc2cn3cc(Cl)ccc3n2)CCN1C[C@@H](C)O. The Morgan fingerprint density at radius 1 is 1.44 bits per heavy atom. The predicted octanol–water partition coefficient (Wildman–Crippen LogP) is 1.58. The van der Waals surface area contributed by atoms with Gasteiger partial charge in [-0.15, -0.1) is 0 Å². The van der Waals surface area contributed by atoms with Crippen molar-refractivity contribution >= 4 is 23.3 Å². The van der Waals surface area contributed by atoms with E-state index in [0.29, 0.717) is 31.2 Å². The predicted molar refractivity (Wildman–Crippen MR) is 96.7 cm³/mol. The number of hydrogen-bond acceptors (Lipinski definition) is 4. The molecule has 0 radical (unpaired) electrons. The Hall–Kier alpha value is -1.83. The molecule has 2 atom stereocenters. The third kappa shape index (κ3) is 4.42. The Morgan fingerprint density at radius 2 is 2.24 bits per heavy atom. The van der Waals surface area contributed by atoms with Gasteiger partial charge in [-0.2, -0.15) is 0 Å². The normalized spacial score (nSPS) is 20.0. The summed E-state index contributed by atoms with van der Waals surface area (Å²) in [5.41, 5.74) is 1.59. The van der Waals surface area contributed by atoms with Crippen LogP contribution in [0.3, 0.4) is 0 Å². The number of urea groups is 1. The third-order valence-corrected chi connectivity index (χ3v) is 4.66. The van der Waals surface area contributed by atoms with Crippen molar-refractivity contribution in [3.63, 3.8) is 0 Å². The minimum Gasteiger partial charge on any atom is -0.392 e. The van der Waals surface area contributed by atoms with E-state index in [1.165, 1.54) is 0 Å². The maximum absolute atomic E-state index is 12.4. The molecule has 3 heterocycles. The summed E-state index contributed by atoms with van der Waals surface area (Å²) in [7, 11) is 0. The molecule has 2 aromatic rings. The number of aromatic nitrogens is 2. The molecule has 2 amide bonds. The van der Waals surface area contributed by atoms with Gasteiger partial charge in [-0.05, 0) is 26.0 Å². The first-order valence-corrected chi connectivity index (χ1v) is 8.88. The highest BCUT2D eigenvalue weighted by molar-refractivity contribution is 6.30. The Kier molecular flexibility index (Phi) is 5.46. The summed E-state index contributed by atoms with van der Waals surface area (Å²) in [5, 5.41) is 13.1. The van der Waals surface area contributed by atoms with Gasteiger partial charge in [-0.25, -0.2) is 9.78 Å². The van der Waals surface area contributed by atoms with Gasteiger partial charge < -0.3 is 19.7 Å². The van der Waals surface area contributed by atoms with Crippen LogP contribution in [0.1, 0.15) is 19.5 Å². The smallest absolute Gasteiger partial charge is 0.317 e. The van der Waals surface area contributed by atoms with E-state index in [2.05, 4.69) is 22.1 Å².